The molecular formula is C23H21ClNO2. The maximum Gasteiger partial charge on any atom is 0.151 e. The van der Waals surface area contributed by atoms with Crippen LogP contribution in [0.1, 0.15) is 18.9 Å². The zero-order valence-electron chi connectivity index (χ0n) is 15.2. The number of hydrogen-bond acceptors (Lipinski definition) is 3. The molecule has 3 aromatic rings. The van der Waals surface area contributed by atoms with Crippen molar-refractivity contribution >= 4 is 17.3 Å². The molecule has 3 nitrogen and oxygen atoms in total. The van der Waals surface area contributed by atoms with E-state index >= 15 is 0 Å². The maximum atomic E-state index is 5.95. The van der Waals surface area contributed by atoms with Crippen LogP contribution in [0.2, 0.25) is 5.02 Å². The Hall–Kier alpha value is -2.78. The van der Waals surface area contributed by atoms with E-state index in [-0.39, 0.29) is 0 Å². The lowest BCUT2D eigenvalue weighted by Crippen LogP contribution is -2.06. The van der Waals surface area contributed by atoms with Crippen LogP contribution in [0.5, 0.6) is 5.75 Å². The third-order valence-electron chi connectivity index (χ3n) is 4.03. The van der Waals surface area contributed by atoms with Gasteiger partial charge in [-0.1, -0.05) is 72.2 Å². The van der Waals surface area contributed by atoms with E-state index in [0.717, 1.165) is 39.6 Å². The zero-order chi connectivity index (χ0) is 18.9. The van der Waals surface area contributed by atoms with Crippen LogP contribution in [0.3, 0.4) is 0 Å². The first-order valence-electron chi connectivity index (χ1n) is 8.90. The monoisotopic (exact) mass is 378 g/mol. The van der Waals surface area contributed by atoms with Gasteiger partial charge in [-0.05, 0) is 53.4 Å². The van der Waals surface area contributed by atoms with Crippen LogP contribution in [0.15, 0.2) is 78.0 Å². The minimum absolute atomic E-state index is 0.390. The summed E-state index contributed by atoms with van der Waals surface area (Å²) in [6.07, 6.45) is 0.787. The van der Waals surface area contributed by atoms with E-state index < -0.39 is 0 Å². The number of ether oxygens (including phenoxy) is 1. The maximum absolute atomic E-state index is 5.95. The van der Waals surface area contributed by atoms with Crippen molar-refractivity contribution in [2.75, 3.05) is 13.2 Å². The molecule has 0 spiro atoms. The normalized spacial score (nSPS) is 11.3. The van der Waals surface area contributed by atoms with E-state index in [1.54, 1.807) is 6.07 Å². The molecule has 0 heterocycles. The minimum atomic E-state index is 0.390. The Balaban J connectivity index is 1.56. The van der Waals surface area contributed by atoms with E-state index in [4.69, 9.17) is 21.2 Å². The number of nitrogens with zero attached hydrogens (tertiary/aromatic N) is 1. The molecule has 0 amide bonds. The molecule has 0 aliphatic carbocycles. The summed E-state index contributed by atoms with van der Waals surface area (Å²) in [4.78, 5) is 5.43. The molecule has 137 valence electrons. The highest BCUT2D eigenvalue weighted by atomic mass is 35.5. The van der Waals surface area contributed by atoms with Crippen LogP contribution in [0.4, 0.5) is 0 Å². The molecule has 0 atom stereocenters. The van der Waals surface area contributed by atoms with E-state index in [2.05, 4.69) is 42.4 Å². The predicted octanol–water partition coefficient (Wildman–Crippen LogP) is 6.02. The molecule has 0 fully saturated rings. The van der Waals surface area contributed by atoms with Gasteiger partial charge in [0.05, 0.1) is 5.71 Å². The molecular weight excluding hydrogens is 358 g/mol. The van der Waals surface area contributed by atoms with Crippen molar-refractivity contribution in [3.8, 4) is 16.9 Å². The van der Waals surface area contributed by atoms with E-state index in [1.807, 2.05) is 42.5 Å². The molecule has 0 unspecified atom stereocenters. The van der Waals surface area contributed by atoms with Crippen LogP contribution >= 0.6 is 11.6 Å². The second-order valence-corrected chi connectivity index (χ2v) is 6.33. The number of rotatable bonds is 8. The SMILES string of the molecule is CC/C(=N\OCCOc1c[c]ccc1)c1ccc(-c2ccc(Cl)cc2)cc1. The first-order chi connectivity index (χ1) is 13.3. The van der Waals surface area contributed by atoms with Crippen molar-refractivity contribution in [2.45, 2.75) is 13.3 Å². The Morgan fingerprint density at radius 3 is 2.30 bits per heavy atom. The summed E-state index contributed by atoms with van der Waals surface area (Å²) in [5.41, 5.74) is 4.23. The summed E-state index contributed by atoms with van der Waals surface area (Å²) >= 11 is 5.95. The zero-order valence-corrected chi connectivity index (χ0v) is 15.9. The van der Waals surface area contributed by atoms with Crippen LogP contribution in [0.25, 0.3) is 11.1 Å². The fraction of sp³-hybridized carbons (Fsp3) is 0.174. The molecule has 0 aliphatic heterocycles. The van der Waals surface area contributed by atoms with Crippen molar-refractivity contribution in [1.29, 1.82) is 0 Å². The molecule has 3 aromatic carbocycles. The first-order valence-corrected chi connectivity index (χ1v) is 9.28. The van der Waals surface area contributed by atoms with Gasteiger partial charge in [-0.25, -0.2) is 0 Å². The summed E-state index contributed by atoms with van der Waals surface area (Å²) < 4.78 is 5.57. The number of benzene rings is 3. The van der Waals surface area contributed by atoms with Gasteiger partial charge in [-0.15, -0.1) is 0 Å². The summed E-state index contributed by atoms with van der Waals surface area (Å²) in [5, 5.41) is 5.01. The molecule has 0 aliphatic rings. The number of hydrogen-bond donors (Lipinski definition) is 0. The van der Waals surface area contributed by atoms with Crippen LogP contribution in [-0.4, -0.2) is 18.9 Å². The second kappa shape index (κ2) is 9.79. The fourth-order valence-corrected chi connectivity index (χ4v) is 2.73. The lowest BCUT2D eigenvalue weighted by molar-refractivity contribution is 0.107. The van der Waals surface area contributed by atoms with E-state index in [9.17, 15) is 0 Å². The number of oxime groups is 1. The Labute approximate surface area is 165 Å². The van der Waals surface area contributed by atoms with Gasteiger partial charge < -0.3 is 9.57 Å². The third-order valence-corrected chi connectivity index (χ3v) is 4.28. The van der Waals surface area contributed by atoms with Gasteiger partial charge in [-0.2, -0.15) is 0 Å². The van der Waals surface area contributed by atoms with Crippen molar-refractivity contribution in [3.63, 3.8) is 0 Å². The highest BCUT2D eigenvalue weighted by Crippen LogP contribution is 2.22. The molecule has 1 radical (unpaired) electrons. The van der Waals surface area contributed by atoms with Crippen molar-refractivity contribution < 1.29 is 9.57 Å². The standard InChI is InChI=1S/C23H21ClNO2/c1-2-23(25-27-17-16-26-22-6-4-3-5-7-22)20-10-8-18(9-11-20)19-12-14-21(24)15-13-19/h3-4,6-15H,2,16-17H2,1H3/b25-23+. The minimum Gasteiger partial charge on any atom is -0.490 e. The molecule has 0 bridgehead atoms. The predicted molar refractivity (Wildman–Crippen MR) is 110 cm³/mol. The molecule has 3 rings (SSSR count). The topological polar surface area (TPSA) is 30.8 Å². The van der Waals surface area contributed by atoms with Gasteiger partial charge in [0.15, 0.2) is 6.61 Å². The van der Waals surface area contributed by atoms with Crippen molar-refractivity contribution in [2.24, 2.45) is 5.16 Å². The average Bonchev–Trinajstić information content (AvgIpc) is 2.72. The molecule has 0 aromatic heterocycles. The van der Waals surface area contributed by atoms with Crippen LogP contribution in [0, 0.1) is 6.07 Å². The summed E-state index contributed by atoms with van der Waals surface area (Å²) in [6.45, 7) is 2.89. The average molecular weight is 379 g/mol. The molecule has 27 heavy (non-hydrogen) atoms. The lowest BCUT2D eigenvalue weighted by Gasteiger charge is -2.08. The van der Waals surface area contributed by atoms with Gasteiger partial charge in [0.25, 0.3) is 0 Å². The van der Waals surface area contributed by atoms with Gasteiger partial charge in [-0.3, -0.25) is 0 Å². The fourth-order valence-electron chi connectivity index (χ4n) is 2.61. The van der Waals surface area contributed by atoms with Crippen LogP contribution in [-0.2, 0) is 4.84 Å². The molecule has 0 N–H and O–H groups in total. The van der Waals surface area contributed by atoms with Crippen molar-refractivity contribution in [1.82, 2.24) is 0 Å². The Bertz CT molecular complexity index is 859. The molecule has 4 heteroatoms. The number of halogens is 1. The smallest absolute Gasteiger partial charge is 0.151 e. The van der Waals surface area contributed by atoms with Gasteiger partial charge in [0.2, 0.25) is 0 Å². The van der Waals surface area contributed by atoms with E-state index in [0.29, 0.717) is 13.2 Å². The molecule has 0 saturated carbocycles. The molecule has 0 saturated heterocycles. The van der Waals surface area contributed by atoms with Gasteiger partial charge in [0.1, 0.15) is 12.4 Å². The van der Waals surface area contributed by atoms with Crippen LogP contribution < -0.4 is 4.74 Å². The van der Waals surface area contributed by atoms with Gasteiger partial charge in [0, 0.05) is 5.02 Å². The highest BCUT2D eigenvalue weighted by molar-refractivity contribution is 6.30. The lowest BCUT2D eigenvalue weighted by atomic mass is 10.0. The summed E-state index contributed by atoms with van der Waals surface area (Å²) in [6, 6.07) is 26.5. The largest absolute Gasteiger partial charge is 0.490 e. The van der Waals surface area contributed by atoms with E-state index in [1.165, 1.54) is 0 Å². The Morgan fingerprint density at radius 1 is 0.963 bits per heavy atom. The van der Waals surface area contributed by atoms with Crippen molar-refractivity contribution in [3.05, 3.63) is 89.4 Å². The Morgan fingerprint density at radius 2 is 1.67 bits per heavy atom. The second-order valence-electron chi connectivity index (χ2n) is 5.90. The summed E-state index contributed by atoms with van der Waals surface area (Å²) in [7, 11) is 0. The first kappa shape index (κ1) is 19.0. The highest BCUT2D eigenvalue weighted by Gasteiger charge is 2.04. The third kappa shape index (κ3) is 5.60. The quantitative estimate of drug-likeness (QED) is 0.273. The summed E-state index contributed by atoms with van der Waals surface area (Å²) in [5.74, 6) is 0.776. The Kier molecular flexibility index (Phi) is 6.89. The van der Waals surface area contributed by atoms with Gasteiger partial charge >= 0.3 is 0 Å².